The van der Waals surface area contributed by atoms with Gasteiger partial charge in [0, 0.05) is 12.2 Å². The second-order valence-corrected chi connectivity index (χ2v) is 3.83. The average Bonchev–Trinajstić information content (AvgIpc) is 2.47. The molecule has 1 heterocycles. The molecular weight excluding hydrogens is 176 g/mol. The van der Waals surface area contributed by atoms with Crippen molar-refractivity contribution in [2.75, 3.05) is 12.4 Å². The van der Waals surface area contributed by atoms with Gasteiger partial charge in [-0.25, -0.2) is 0 Å². The lowest BCUT2D eigenvalue weighted by Gasteiger charge is -2.06. The first-order chi connectivity index (χ1) is 5.74. The van der Waals surface area contributed by atoms with Gasteiger partial charge >= 0.3 is 5.97 Å². The van der Waals surface area contributed by atoms with Crippen LogP contribution in [0.1, 0.15) is 19.8 Å². The topological polar surface area (TPSA) is 43.4 Å². The molecule has 0 N–H and O–H groups in total. The molecule has 1 aliphatic rings. The molecule has 0 aromatic carbocycles. The van der Waals surface area contributed by atoms with Crippen LogP contribution in [0.15, 0.2) is 0 Å². The summed E-state index contributed by atoms with van der Waals surface area (Å²) < 4.78 is 4.92. The molecule has 1 atom stereocenters. The van der Waals surface area contributed by atoms with Gasteiger partial charge in [-0.15, -0.1) is 0 Å². The molecule has 0 spiro atoms. The Morgan fingerprint density at radius 2 is 2.50 bits per heavy atom. The summed E-state index contributed by atoms with van der Waals surface area (Å²) in [5.41, 5.74) is 0. The van der Waals surface area contributed by atoms with Gasteiger partial charge in [0.15, 0.2) is 5.12 Å². The Hall–Kier alpha value is -0.510. The summed E-state index contributed by atoms with van der Waals surface area (Å²) in [6.07, 6.45) is 1.19. The van der Waals surface area contributed by atoms with Crippen molar-refractivity contribution in [2.24, 2.45) is 5.92 Å². The highest BCUT2D eigenvalue weighted by Crippen LogP contribution is 2.26. The third-order valence-corrected chi connectivity index (χ3v) is 2.70. The molecule has 1 fully saturated rings. The summed E-state index contributed by atoms with van der Waals surface area (Å²) in [7, 11) is 0. The summed E-state index contributed by atoms with van der Waals surface area (Å²) in [5.74, 6) is 0.200. The normalized spacial score (nSPS) is 22.8. The van der Waals surface area contributed by atoms with Gasteiger partial charge in [-0.1, -0.05) is 18.7 Å². The monoisotopic (exact) mass is 188 g/mol. The quantitative estimate of drug-likeness (QED) is 0.624. The lowest BCUT2D eigenvalue weighted by atomic mass is 10.1. The maximum absolute atomic E-state index is 11.2. The molecule has 0 bridgehead atoms. The highest BCUT2D eigenvalue weighted by molar-refractivity contribution is 8.14. The zero-order valence-corrected chi connectivity index (χ0v) is 7.86. The molecule has 3 nitrogen and oxygen atoms in total. The second kappa shape index (κ2) is 4.50. The molecule has 1 rings (SSSR count). The van der Waals surface area contributed by atoms with Crippen LogP contribution in [-0.2, 0) is 14.3 Å². The smallest absolute Gasteiger partial charge is 0.310 e. The minimum atomic E-state index is -0.213. The minimum Gasteiger partial charge on any atom is -0.465 e. The first kappa shape index (κ1) is 9.58. The summed E-state index contributed by atoms with van der Waals surface area (Å²) in [5, 5.41) is 0.105. The van der Waals surface area contributed by atoms with Crippen molar-refractivity contribution in [1.82, 2.24) is 0 Å². The maximum atomic E-state index is 11.2. The number of rotatable bonds is 3. The van der Waals surface area contributed by atoms with E-state index >= 15 is 0 Å². The van der Waals surface area contributed by atoms with Crippen LogP contribution < -0.4 is 0 Å². The van der Waals surface area contributed by atoms with Crippen molar-refractivity contribution in [2.45, 2.75) is 19.8 Å². The fourth-order valence-electron chi connectivity index (χ4n) is 0.984. The SMILES string of the molecule is CCCOC(=O)[C@@H]1CSC(=O)C1. The predicted octanol–water partition coefficient (Wildman–Crippen LogP) is 1.22. The zero-order chi connectivity index (χ0) is 8.97. The lowest BCUT2D eigenvalue weighted by molar-refractivity contribution is -0.148. The van der Waals surface area contributed by atoms with E-state index in [1.807, 2.05) is 6.92 Å². The standard InChI is InChI=1S/C8H12O3S/c1-2-3-11-8(10)6-4-7(9)12-5-6/h6H,2-5H2,1H3/t6-/m0/s1. The third kappa shape index (κ3) is 2.52. The molecule has 0 amide bonds. The van der Waals surface area contributed by atoms with Gasteiger partial charge in [0.25, 0.3) is 0 Å². The third-order valence-electron chi connectivity index (χ3n) is 1.64. The van der Waals surface area contributed by atoms with E-state index in [0.29, 0.717) is 18.8 Å². The molecule has 4 heteroatoms. The van der Waals surface area contributed by atoms with Gasteiger partial charge in [-0.3, -0.25) is 9.59 Å². The number of hydrogen-bond acceptors (Lipinski definition) is 4. The first-order valence-electron chi connectivity index (χ1n) is 4.06. The van der Waals surface area contributed by atoms with Crippen LogP contribution in [0.25, 0.3) is 0 Å². The predicted molar refractivity (Wildman–Crippen MR) is 46.8 cm³/mol. The second-order valence-electron chi connectivity index (χ2n) is 2.75. The molecular formula is C8H12O3S. The van der Waals surface area contributed by atoms with Crippen molar-refractivity contribution in [3.05, 3.63) is 0 Å². The Bertz CT molecular complexity index is 191. The Kier molecular flexibility index (Phi) is 3.59. The number of thioether (sulfide) groups is 1. The lowest BCUT2D eigenvalue weighted by Crippen LogP contribution is -2.17. The van der Waals surface area contributed by atoms with E-state index in [0.717, 1.165) is 6.42 Å². The highest BCUT2D eigenvalue weighted by Gasteiger charge is 2.29. The van der Waals surface area contributed by atoms with Crippen molar-refractivity contribution in [1.29, 1.82) is 0 Å². The van der Waals surface area contributed by atoms with Gasteiger partial charge in [0.05, 0.1) is 12.5 Å². The van der Waals surface area contributed by atoms with Gasteiger partial charge in [0.1, 0.15) is 0 Å². The number of ether oxygens (including phenoxy) is 1. The summed E-state index contributed by atoms with van der Waals surface area (Å²) in [6, 6.07) is 0. The summed E-state index contributed by atoms with van der Waals surface area (Å²) in [4.78, 5) is 21.9. The summed E-state index contributed by atoms with van der Waals surface area (Å²) >= 11 is 1.23. The number of hydrogen-bond donors (Lipinski definition) is 0. The van der Waals surface area contributed by atoms with E-state index in [-0.39, 0.29) is 17.0 Å². The molecule has 68 valence electrons. The van der Waals surface area contributed by atoms with Crippen molar-refractivity contribution in [3.63, 3.8) is 0 Å². The zero-order valence-electron chi connectivity index (χ0n) is 7.04. The van der Waals surface area contributed by atoms with Crippen molar-refractivity contribution < 1.29 is 14.3 Å². The van der Waals surface area contributed by atoms with Crippen molar-refractivity contribution >= 4 is 22.8 Å². The van der Waals surface area contributed by atoms with E-state index in [9.17, 15) is 9.59 Å². The molecule has 0 saturated carbocycles. The van der Waals surface area contributed by atoms with E-state index < -0.39 is 0 Å². The number of carbonyl (C=O) groups is 2. The van der Waals surface area contributed by atoms with Crippen LogP contribution in [0.4, 0.5) is 0 Å². The molecule has 0 radical (unpaired) electrons. The van der Waals surface area contributed by atoms with Crippen LogP contribution in [0.5, 0.6) is 0 Å². The molecule has 0 aromatic heterocycles. The molecule has 0 aliphatic carbocycles. The molecule has 1 saturated heterocycles. The van der Waals surface area contributed by atoms with E-state index in [1.54, 1.807) is 0 Å². The number of esters is 1. The largest absolute Gasteiger partial charge is 0.465 e. The van der Waals surface area contributed by atoms with E-state index in [1.165, 1.54) is 11.8 Å². The van der Waals surface area contributed by atoms with Crippen LogP contribution in [0.2, 0.25) is 0 Å². The van der Waals surface area contributed by atoms with Gasteiger partial charge in [-0.05, 0) is 6.42 Å². The fourth-order valence-corrected chi connectivity index (χ4v) is 1.94. The van der Waals surface area contributed by atoms with Gasteiger partial charge in [0.2, 0.25) is 0 Å². The van der Waals surface area contributed by atoms with Crippen molar-refractivity contribution in [3.8, 4) is 0 Å². The molecule has 0 unspecified atom stereocenters. The Balaban J connectivity index is 2.28. The molecule has 12 heavy (non-hydrogen) atoms. The Morgan fingerprint density at radius 3 is 3.00 bits per heavy atom. The fraction of sp³-hybridized carbons (Fsp3) is 0.750. The molecule has 1 aliphatic heterocycles. The van der Waals surface area contributed by atoms with Crippen LogP contribution in [0, 0.1) is 5.92 Å². The minimum absolute atomic E-state index is 0.105. The Labute approximate surface area is 75.8 Å². The van der Waals surface area contributed by atoms with Crippen LogP contribution in [-0.4, -0.2) is 23.4 Å². The van der Waals surface area contributed by atoms with Crippen LogP contribution >= 0.6 is 11.8 Å². The number of carbonyl (C=O) groups excluding carboxylic acids is 2. The van der Waals surface area contributed by atoms with E-state index in [2.05, 4.69) is 0 Å². The Morgan fingerprint density at radius 1 is 1.75 bits per heavy atom. The first-order valence-corrected chi connectivity index (χ1v) is 5.05. The summed E-state index contributed by atoms with van der Waals surface area (Å²) in [6.45, 7) is 2.41. The van der Waals surface area contributed by atoms with Crippen LogP contribution in [0.3, 0.4) is 0 Å². The van der Waals surface area contributed by atoms with Gasteiger partial charge < -0.3 is 4.74 Å². The molecule has 0 aromatic rings. The highest BCUT2D eigenvalue weighted by atomic mass is 32.2. The maximum Gasteiger partial charge on any atom is 0.310 e. The van der Waals surface area contributed by atoms with E-state index in [4.69, 9.17) is 4.74 Å². The average molecular weight is 188 g/mol. The van der Waals surface area contributed by atoms with Gasteiger partial charge in [-0.2, -0.15) is 0 Å².